The van der Waals surface area contributed by atoms with Crippen molar-refractivity contribution in [1.82, 2.24) is 9.78 Å². The van der Waals surface area contributed by atoms with Crippen molar-refractivity contribution in [2.45, 2.75) is 65.2 Å². The van der Waals surface area contributed by atoms with E-state index in [9.17, 15) is 0 Å². The average Bonchev–Trinajstić information content (AvgIpc) is 2.69. The van der Waals surface area contributed by atoms with Crippen molar-refractivity contribution in [2.75, 3.05) is 0 Å². The molecule has 100 valence electrons. The van der Waals surface area contributed by atoms with Crippen molar-refractivity contribution in [2.24, 2.45) is 0 Å². The summed E-state index contributed by atoms with van der Waals surface area (Å²) in [6, 6.07) is 1.97. The molecule has 4 nitrogen and oxygen atoms in total. The summed E-state index contributed by atoms with van der Waals surface area (Å²) in [7, 11) is -0.376. The van der Waals surface area contributed by atoms with Crippen LogP contribution in [0.1, 0.15) is 48.5 Å². The lowest BCUT2D eigenvalue weighted by atomic mass is 9.85. The van der Waals surface area contributed by atoms with E-state index in [0.717, 1.165) is 5.59 Å². The quantitative estimate of drug-likeness (QED) is 0.714. The zero-order valence-electron chi connectivity index (χ0n) is 12.4. The molecule has 0 amide bonds. The van der Waals surface area contributed by atoms with Gasteiger partial charge in [-0.25, -0.2) is 0 Å². The standard InChI is InChI=1S/C13H23BN2O2/c1-11(2,3)16-9-8-10(15-16)14-17-12(4,5)13(6,7)18-14/h8-9H,1-7H3. The van der Waals surface area contributed by atoms with Crippen molar-refractivity contribution in [1.29, 1.82) is 0 Å². The summed E-state index contributed by atoms with van der Waals surface area (Å²) in [5.41, 5.74) is 0.178. The lowest BCUT2D eigenvalue weighted by Gasteiger charge is -2.32. The lowest BCUT2D eigenvalue weighted by Crippen LogP contribution is -2.41. The van der Waals surface area contributed by atoms with Gasteiger partial charge in [-0.1, -0.05) is 0 Å². The highest BCUT2D eigenvalue weighted by Crippen LogP contribution is 2.36. The SMILES string of the molecule is CC(C)(C)n1ccc(B2OC(C)(C)C(C)(C)O2)n1. The molecule has 1 aromatic heterocycles. The number of hydrogen-bond acceptors (Lipinski definition) is 3. The second-order valence-electron chi connectivity index (χ2n) is 6.94. The van der Waals surface area contributed by atoms with Crippen LogP contribution < -0.4 is 5.59 Å². The molecule has 0 N–H and O–H groups in total. The topological polar surface area (TPSA) is 36.3 Å². The minimum absolute atomic E-state index is 0.0259. The van der Waals surface area contributed by atoms with Crippen LogP contribution in [-0.4, -0.2) is 28.1 Å². The Bertz CT molecular complexity index is 430. The largest absolute Gasteiger partial charge is 0.516 e. The van der Waals surface area contributed by atoms with Gasteiger partial charge in [-0.3, -0.25) is 4.68 Å². The first-order chi connectivity index (χ1) is 8.03. The van der Waals surface area contributed by atoms with Crippen LogP contribution in [0.5, 0.6) is 0 Å². The van der Waals surface area contributed by atoms with Crippen LogP contribution >= 0.6 is 0 Å². The molecule has 0 aromatic carbocycles. The highest BCUT2D eigenvalue weighted by Gasteiger charge is 2.52. The fourth-order valence-corrected chi connectivity index (χ4v) is 1.80. The summed E-state index contributed by atoms with van der Waals surface area (Å²) in [6.45, 7) is 14.6. The molecule has 0 unspecified atom stereocenters. The van der Waals surface area contributed by atoms with Crippen LogP contribution in [0, 0.1) is 0 Å². The molecule has 18 heavy (non-hydrogen) atoms. The molecule has 0 radical (unpaired) electrons. The van der Waals surface area contributed by atoms with E-state index in [1.165, 1.54) is 0 Å². The van der Waals surface area contributed by atoms with Gasteiger partial charge in [-0.05, 0) is 54.5 Å². The predicted octanol–water partition coefficient (Wildman–Crippen LogP) is 1.94. The second kappa shape index (κ2) is 3.84. The van der Waals surface area contributed by atoms with Gasteiger partial charge in [0.25, 0.3) is 0 Å². The molecule has 0 saturated carbocycles. The first-order valence-corrected chi connectivity index (χ1v) is 6.45. The van der Waals surface area contributed by atoms with E-state index in [1.54, 1.807) is 0 Å². The summed E-state index contributed by atoms with van der Waals surface area (Å²) < 4.78 is 13.9. The molecule has 1 aliphatic rings. The highest BCUT2D eigenvalue weighted by molar-refractivity contribution is 6.61. The maximum absolute atomic E-state index is 5.98. The van der Waals surface area contributed by atoms with Crippen LogP contribution in [0.4, 0.5) is 0 Å². The molecule has 1 aromatic rings. The van der Waals surface area contributed by atoms with Crippen molar-refractivity contribution >= 4 is 12.7 Å². The van der Waals surface area contributed by atoms with Gasteiger partial charge in [0.05, 0.1) is 22.3 Å². The maximum Gasteiger partial charge on any atom is 0.516 e. The van der Waals surface area contributed by atoms with E-state index >= 15 is 0 Å². The summed E-state index contributed by atoms with van der Waals surface area (Å²) in [5, 5.41) is 4.56. The Labute approximate surface area is 110 Å². The van der Waals surface area contributed by atoms with Crippen LogP contribution in [-0.2, 0) is 14.8 Å². The Morgan fingerprint density at radius 2 is 1.61 bits per heavy atom. The maximum atomic E-state index is 5.98. The van der Waals surface area contributed by atoms with E-state index in [4.69, 9.17) is 9.31 Å². The molecule has 0 aliphatic carbocycles. The number of nitrogens with zero attached hydrogens (tertiary/aromatic N) is 2. The molecule has 1 aliphatic heterocycles. The molecule has 0 bridgehead atoms. The van der Waals surface area contributed by atoms with Crippen molar-refractivity contribution in [3.05, 3.63) is 12.3 Å². The smallest absolute Gasteiger partial charge is 0.398 e. The molecule has 1 saturated heterocycles. The van der Waals surface area contributed by atoms with Gasteiger partial charge in [0.15, 0.2) is 0 Å². The second-order valence-corrected chi connectivity index (χ2v) is 6.94. The van der Waals surface area contributed by atoms with Gasteiger partial charge in [0.2, 0.25) is 0 Å². The summed E-state index contributed by atoms with van der Waals surface area (Å²) in [5.74, 6) is 0. The van der Waals surface area contributed by atoms with Gasteiger partial charge in [0.1, 0.15) is 0 Å². The van der Waals surface area contributed by atoms with Crippen LogP contribution in [0.2, 0.25) is 0 Å². The van der Waals surface area contributed by atoms with E-state index in [1.807, 2.05) is 44.6 Å². The molecular formula is C13H23BN2O2. The monoisotopic (exact) mass is 250 g/mol. The molecule has 5 heteroatoms. The Kier molecular flexibility index (Phi) is 2.91. The van der Waals surface area contributed by atoms with E-state index in [-0.39, 0.29) is 23.9 Å². The minimum Gasteiger partial charge on any atom is -0.398 e. The third-order valence-electron chi connectivity index (χ3n) is 3.79. The van der Waals surface area contributed by atoms with Gasteiger partial charge >= 0.3 is 7.12 Å². The first kappa shape index (κ1) is 13.6. The zero-order chi connectivity index (χ0) is 13.8. The Hall–Kier alpha value is -0.805. The Morgan fingerprint density at radius 3 is 2.00 bits per heavy atom. The van der Waals surface area contributed by atoms with Crippen LogP contribution in [0.25, 0.3) is 0 Å². The number of aromatic nitrogens is 2. The fraction of sp³-hybridized carbons (Fsp3) is 0.769. The first-order valence-electron chi connectivity index (χ1n) is 6.45. The van der Waals surface area contributed by atoms with Crippen molar-refractivity contribution < 1.29 is 9.31 Å². The van der Waals surface area contributed by atoms with Crippen LogP contribution in [0.15, 0.2) is 12.3 Å². The van der Waals surface area contributed by atoms with Crippen molar-refractivity contribution in [3.8, 4) is 0 Å². The minimum atomic E-state index is -0.376. The molecule has 0 atom stereocenters. The molecular weight excluding hydrogens is 227 g/mol. The lowest BCUT2D eigenvalue weighted by molar-refractivity contribution is 0.00578. The molecule has 2 heterocycles. The van der Waals surface area contributed by atoms with Gasteiger partial charge in [-0.15, -0.1) is 0 Å². The van der Waals surface area contributed by atoms with E-state index in [2.05, 4.69) is 25.9 Å². The van der Waals surface area contributed by atoms with Gasteiger partial charge in [-0.2, -0.15) is 5.10 Å². The summed E-state index contributed by atoms with van der Waals surface area (Å²) in [4.78, 5) is 0. The summed E-state index contributed by atoms with van der Waals surface area (Å²) >= 11 is 0. The fourth-order valence-electron chi connectivity index (χ4n) is 1.80. The number of rotatable bonds is 1. The predicted molar refractivity (Wildman–Crippen MR) is 72.9 cm³/mol. The third-order valence-corrected chi connectivity index (χ3v) is 3.79. The summed E-state index contributed by atoms with van der Waals surface area (Å²) in [6.07, 6.45) is 1.97. The van der Waals surface area contributed by atoms with Crippen molar-refractivity contribution in [3.63, 3.8) is 0 Å². The normalized spacial score (nSPS) is 22.5. The molecule has 1 fully saturated rings. The van der Waals surface area contributed by atoms with E-state index in [0.29, 0.717) is 0 Å². The van der Waals surface area contributed by atoms with Gasteiger partial charge in [0, 0.05) is 6.20 Å². The molecule has 2 rings (SSSR count). The van der Waals surface area contributed by atoms with E-state index < -0.39 is 0 Å². The van der Waals surface area contributed by atoms with Crippen LogP contribution in [0.3, 0.4) is 0 Å². The number of hydrogen-bond donors (Lipinski definition) is 0. The molecule has 0 spiro atoms. The third kappa shape index (κ3) is 2.21. The average molecular weight is 250 g/mol. The highest BCUT2D eigenvalue weighted by atomic mass is 16.7. The zero-order valence-corrected chi connectivity index (χ0v) is 12.4. The Balaban J connectivity index is 2.23. The Morgan fingerprint density at radius 1 is 1.11 bits per heavy atom. The van der Waals surface area contributed by atoms with Gasteiger partial charge < -0.3 is 9.31 Å².